The molecule has 0 unspecified atom stereocenters. The van der Waals surface area contributed by atoms with Crippen LogP contribution >= 0.6 is 0 Å². The summed E-state index contributed by atoms with van der Waals surface area (Å²) in [6, 6.07) is 3.26. The molecule has 0 saturated carbocycles. The van der Waals surface area contributed by atoms with Gasteiger partial charge < -0.3 is 10.1 Å². The Kier molecular flexibility index (Phi) is 3.83. The molecule has 92 valence electrons. The fourth-order valence-corrected chi connectivity index (χ4v) is 1.08. The minimum atomic E-state index is -0.574. The number of carbonyl (C=O) groups is 2. The van der Waals surface area contributed by atoms with Crippen LogP contribution in [0.4, 0.5) is 5.69 Å². The van der Waals surface area contributed by atoms with Gasteiger partial charge in [0.25, 0.3) is 0 Å². The van der Waals surface area contributed by atoms with Crippen molar-refractivity contribution in [2.45, 2.75) is 20.8 Å². The molecule has 0 saturated heterocycles. The molecule has 0 bridgehead atoms. The van der Waals surface area contributed by atoms with Gasteiger partial charge in [0.05, 0.1) is 12.8 Å². The van der Waals surface area contributed by atoms with Gasteiger partial charge in [0, 0.05) is 11.6 Å². The summed E-state index contributed by atoms with van der Waals surface area (Å²) >= 11 is 0. The SMILES string of the molecule is COC(=O)c1ncccc1NC(=O)C(C)(C)C. The van der Waals surface area contributed by atoms with Crippen LogP contribution in [0.25, 0.3) is 0 Å². The first-order chi connectivity index (χ1) is 7.86. The molecule has 1 aromatic rings. The highest BCUT2D eigenvalue weighted by atomic mass is 16.5. The van der Waals surface area contributed by atoms with E-state index >= 15 is 0 Å². The smallest absolute Gasteiger partial charge is 0.358 e. The third-order valence-electron chi connectivity index (χ3n) is 2.12. The zero-order chi connectivity index (χ0) is 13.1. The van der Waals surface area contributed by atoms with Crippen LogP contribution in [0.5, 0.6) is 0 Å². The maximum Gasteiger partial charge on any atom is 0.358 e. The Morgan fingerprint density at radius 3 is 2.53 bits per heavy atom. The number of aromatic nitrogens is 1. The van der Waals surface area contributed by atoms with Crippen LogP contribution in [0, 0.1) is 5.41 Å². The molecule has 0 aliphatic heterocycles. The van der Waals surface area contributed by atoms with Crippen LogP contribution in [-0.4, -0.2) is 24.0 Å². The van der Waals surface area contributed by atoms with Crippen LogP contribution in [0.2, 0.25) is 0 Å². The van der Waals surface area contributed by atoms with Crippen molar-refractivity contribution in [3.8, 4) is 0 Å². The van der Waals surface area contributed by atoms with E-state index in [1.807, 2.05) is 0 Å². The molecular formula is C12H16N2O3. The number of amides is 1. The molecule has 1 amide bonds. The van der Waals surface area contributed by atoms with Gasteiger partial charge in [-0.05, 0) is 12.1 Å². The van der Waals surface area contributed by atoms with Crippen LogP contribution in [-0.2, 0) is 9.53 Å². The number of nitrogens with one attached hydrogen (secondary N) is 1. The van der Waals surface area contributed by atoms with Gasteiger partial charge in [-0.25, -0.2) is 9.78 Å². The molecule has 0 aliphatic rings. The van der Waals surface area contributed by atoms with Crippen molar-refractivity contribution in [2.75, 3.05) is 12.4 Å². The molecule has 1 N–H and O–H groups in total. The standard InChI is InChI=1S/C12H16N2O3/c1-12(2,3)11(16)14-8-6-5-7-13-9(8)10(15)17-4/h5-7H,1-4H3,(H,14,16). The van der Waals surface area contributed by atoms with Crippen molar-refractivity contribution < 1.29 is 14.3 Å². The average Bonchev–Trinajstić information content (AvgIpc) is 2.27. The highest BCUT2D eigenvalue weighted by molar-refractivity contribution is 6.01. The van der Waals surface area contributed by atoms with E-state index in [-0.39, 0.29) is 11.6 Å². The second-order valence-electron chi connectivity index (χ2n) is 4.60. The summed E-state index contributed by atoms with van der Waals surface area (Å²) in [7, 11) is 1.27. The molecule has 0 atom stereocenters. The van der Waals surface area contributed by atoms with Gasteiger partial charge in [0.1, 0.15) is 0 Å². The molecule has 5 heteroatoms. The third-order valence-corrected chi connectivity index (χ3v) is 2.12. The van der Waals surface area contributed by atoms with Gasteiger partial charge in [-0.15, -0.1) is 0 Å². The van der Waals surface area contributed by atoms with Crippen LogP contribution < -0.4 is 5.32 Å². The minimum absolute atomic E-state index is 0.104. The molecule has 0 aromatic carbocycles. The van der Waals surface area contributed by atoms with Gasteiger partial charge in [-0.3, -0.25) is 4.79 Å². The van der Waals surface area contributed by atoms with Crippen molar-refractivity contribution in [3.05, 3.63) is 24.0 Å². The van der Waals surface area contributed by atoms with E-state index in [1.165, 1.54) is 13.3 Å². The number of nitrogens with zero attached hydrogens (tertiary/aromatic N) is 1. The fourth-order valence-electron chi connectivity index (χ4n) is 1.08. The lowest BCUT2D eigenvalue weighted by atomic mass is 9.95. The summed E-state index contributed by atoms with van der Waals surface area (Å²) in [6.45, 7) is 5.36. The minimum Gasteiger partial charge on any atom is -0.464 e. The lowest BCUT2D eigenvalue weighted by Crippen LogP contribution is -2.28. The van der Waals surface area contributed by atoms with Gasteiger partial charge in [0.2, 0.25) is 5.91 Å². The molecule has 1 aromatic heterocycles. The van der Waals surface area contributed by atoms with E-state index in [2.05, 4.69) is 15.0 Å². The van der Waals surface area contributed by atoms with Gasteiger partial charge in [-0.2, -0.15) is 0 Å². The molecule has 0 aliphatic carbocycles. The van der Waals surface area contributed by atoms with Crippen molar-refractivity contribution in [3.63, 3.8) is 0 Å². The average molecular weight is 236 g/mol. The number of hydrogen-bond donors (Lipinski definition) is 1. The number of anilines is 1. The van der Waals surface area contributed by atoms with Crippen molar-refractivity contribution >= 4 is 17.6 Å². The van der Waals surface area contributed by atoms with E-state index in [0.29, 0.717) is 5.69 Å². The lowest BCUT2D eigenvalue weighted by Gasteiger charge is -2.18. The van der Waals surface area contributed by atoms with E-state index in [0.717, 1.165) is 0 Å². The Morgan fingerprint density at radius 1 is 1.35 bits per heavy atom. The summed E-state index contributed by atoms with van der Waals surface area (Å²) < 4.78 is 4.59. The normalized spacial score (nSPS) is 10.8. The van der Waals surface area contributed by atoms with E-state index in [9.17, 15) is 9.59 Å². The second kappa shape index (κ2) is 4.95. The molecule has 1 heterocycles. The highest BCUT2D eigenvalue weighted by Gasteiger charge is 2.23. The zero-order valence-electron chi connectivity index (χ0n) is 10.4. The van der Waals surface area contributed by atoms with Crippen LogP contribution in [0.1, 0.15) is 31.3 Å². The van der Waals surface area contributed by atoms with E-state index < -0.39 is 11.4 Å². The summed E-state index contributed by atoms with van der Waals surface area (Å²) in [5.41, 5.74) is -0.0738. The quantitative estimate of drug-likeness (QED) is 0.796. The van der Waals surface area contributed by atoms with Crippen molar-refractivity contribution in [1.29, 1.82) is 0 Å². The summed E-state index contributed by atoms with van der Waals surface area (Å²) in [6.07, 6.45) is 1.47. The number of hydrogen-bond acceptors (Lipinski definition) is 4. The number of methoxy groups -OCH3 is 1. The fraction of sp³-hybridized carbons (Fsp3) is 0.417. The van der Waals surface area contributed by atoms with Gasteiger partial charge >= 0.3 is 5.97 Å². The van der Waals surface area contributed by atoms with Crippen LogP contribution in [0.15, 0.2) is 18.3 Å². The Morgan fingerprint density at radius 2 is 2.00 bits per heavy atom. The molecule has 17 heavy (non-hydrogen) atoms. The molecule has 1 rings (SSSR count). The molecule has 0 fully saturated rings. The Labute approximate surface area is 100 Å². The van der Waals surface area contributed by atoms with E-state index in [1.54, 1.807) is 32.9 Å². The number of esters is 1. The first-order valence-corrected chi connectivity index (χ1v) is 5.21. The first kappa shape index (κ1) is 13.2. The largest absolute Gasteiger partial charge is 0.464 e. The van der Waals surface area contributed by atoms with E-state index in [4.69, 9.17) is 0 Å². The summed E-state index contributed by atoms with van der Waals surface area (Å²) in [5.74, 6) is -0.759. The van der Waals surface area contributed by atoms with Crippen molar-refractivity contribution in [2.24, 2.45) is 5.41 Å². The summed E-state index contributed by atoms with van der Waals surface area (Å²) in [5, 5.41) is 2.66. The maximum atomic E-state index is 11.8. The highest BCUT2D eigenvalue weighted by Crippen LogP contribution is 2.19. The Balaban J connectivity index is 2.99. The third kappa shape index (κ3) is 3.27. The van der Waals surface area contributed by atoms with Crippen molar-refractivity contribution in [1.82, 2.24) is 4.98 Å². The van der Waals surface area contributed by atoms with Gasteiger partial charge in [-0.1, -0.05) is 20.8 Å². The topological polar surface area (TPSA) is 68.3 Å². The Bertz CT molecular complexity index is 436. The Hall–Kier alpha value is -1.91. The predicted molar refractivity (Wildman–Crippen MR) is 63.7 cm³/mol. The number of rotatable bonds is 2. The molecule has 0 spiro atoms. The number of pyridine rings is 1. The zero-order valence-corrected chi connectivity index (χ0v) is 10.4. The second-order valence-corrected chi connectivity index (χ2v) is 4.60. The predicted octanol–water partition coefficient (Wildman–Crippen LogP) is 1.85. The number of carbonyl (C=O) groups excluding carboxylic acids is 2. The molecular weight excluding hydrogens is 220 g/mol. The van der Waals surface area contributed by atoms with Crippen LogP contribution in [0.3, 0.4) is 0 Å². The monoisotopic (exact) mass is 236 g/mol. The number of ether oxygens (including phenoxy) is 1. The maximum absolute atomic E-state index is 11.8. The molecule has 0 radical (unpaired) electrons. The first-order valence-electron chi connectivity index (χ1n) is 5.21. The molecule has 5 nitrogen and oxygen atoms in total. The lowest BCUT2D eigenvalue weighted by molar-refractivity contribution is -0.123. The van der Waals surface area contributed by atoms with Gasteiger partial charge in [0.15, 0.2) is 5.69 Å². The summed E-state index contributed by atoms with van der Waals surface area (Å²) in [4.78, 5) is 27.1.